The number of rotatable bonds is 10. The SMILES string of the molecule is CCOc1ccc(CN(CC)C(=O)COC(=O)C2(c3ccccc3)CC2)cc1OC. The Morgan fingerprint density at radius 3 is 2.37 bits per heavy atom. The number of nitrogens with zero attached hydrogens (tertiary/aromatic N) is 1. The lowest BCUT2D eigenvalue weighted by Gasteiger charge is -2.22. The van der Waals surface area contributed by atoms with E-state index in [4.69, 9.17) is 14.2 Å². The quantitative estimate of drug-likeness (QED) is 0.558. The molecule has 1 aliphatic rings. The van der Waals surface area contributed by atoms with Crippen LogP contribution in [0.15, 0.2) is 48.5 Å². The predicted molar refractivity (Wildman–Crippen MR) is 114 cm³/mol. The molecule has 2 aromatic rings. The van der Waals surface area contributed by atoms with Crippen molar-refractivity contribution in [2.24, 2.45) is 0 Å². The summed E-state index contributed by atoms with van der Waals surface area (Å²) in [6.45, 7) is 5.02. The zero-order chi connectivity index (χ0) is 21.6. The Labute approximate surface area is 177 Å². The predicted octanol–water partition coefficient (Wildman–Crippen LogP) is 3.72. The molecular formula is C24H29NO5. The van der Waals surface area contributed by atoms with Gasteiger partial charge < -0.3 is 19.1 Å². The van der Waals surface area contributed by atoms with E-state index >= 15 is 0 Å². The van der Waals surface area contributed by atoms with E-state index in [1.165, 1.54) is 0 Å². The van der Waals surface area contributed by atoms with Gasteiger partial charge >= 0.3 is 5.97 Å². The van der Waals surface area contributed by atoms with Crippen molar-refractivity contribution in [1.82, 2.24) is 4.90 Å². The second-order valence-corrected chi connectivity index (χ2v) is 7.35. The van der Waals surface area contributed by atoms with Gasteiger partial charge in [0, 0.05) is 13.1 Å². The summed E-state index contributed by atoms with van der Waals surface area (Å²) >= 11 is 0. The maximum absolute atomic E-state index is 12.7. The molecule has 0 unspecified atom stereocenters. The molecule has 1 saturated carbocycles. The topological polar surface area (TPSA) is 65.1 Å². The minimum Gasteiger partial charge on any atom is -0.493 e. The molecule has 6 heteroatoms. The van der Waals surface area contributed by atoms with Crippen molar-refractivity contribution in [2.75, 3.05) is 26.9 Å². The number of hydrogen-bond donors (Lipinski definition) is 0. The van der Waals surface area contributed by atoms with E-state index in [0.717, 1.165) is 24.0 Å². The molecule has 1 amide bonds. The molecule has 160 valence electrons. The summed E-state index contributed by atoms with van der Waals surface area (Å²) < 4.78 is 16.3. The summed E-state index contributed by atoms with van der Waals surface area (Å²) in [5.74, 6) is 0.758. The summed E-state index contributed by atoms with van der Waals surface area (Å²) in [4.78, 5) is 27.0. The van der Waals surface area contributed by atoms with Gasteiger partial charge in [0.05, 0.1) is 19.1 Å². The third kappa shape index (κ3) is 4.75. The molecule has 3 rings (SSSR count). The van der Waals surface area contributed by atoms with E-state index in [-0.39, 0.29) is 18.5 Å². The Balaban J connectivity index is 1.60. The summed E-state index contributed by atoms with van der Waals surface area (Å²) in [7, 11) is 1.59. The fourth-order valence-electron chi connectivity index (χ4n) is 3.53. The number of carbonyl (C=O) groups excluding carboxylic acids is 2. The Morgan fingerprint density at radius 1 is 1.03 bits per heavy atom. The molecule has 0 saturated heterocycles. The first-order valence-corrected chi connectivity index (χ1v) is 10.3. The first-order chi connectivity index (χ1) is 14.5. The first-order valence-electron chi connectivity index (χ1n) is 10.3. The lowest BCUT2D eigenvalue weighted by molar-refractivity contribution is -0.154. The van der Waals surface area contributed by atoms with E-state index in [2.05, 4.69) is 0 Å². The Bertz CT molecular complexity index is 876. The van der Waals surface area contributed by atoms with Gasteiger partial charge in [-0.25, -0.2) is 0 Å². The average molecular weight is 411 g/mol. The fraction of sp³-hybridized carbons (Fsp3) is 0.417. The second-order valence-electron chi connectivity index (χ2n) is 7.35. The minimum atomic E-state index is -0.582. The van der Waals surface area contributed by atoms with E-state index in [1.54, 1.807) is 12.0 Å². The van der Waals surface area contributed by atoms with E-state index < -0.39 is 5.41 Å². The van der Waals surface area contributed by atoms with E-state index in [0.29, 0.717) is 31.2 Å². The number of amides is 1. The van der Waals surface area contributed by atoms with Gasteiger partial charge in [0.15, 0.2) is 18.1 Å². The molecule has 0 spiro atoms. The summed E-state index contributed by atoms with van der Waals surface area (Å²) in [6.07, 6.45) is 1.51. The zero-order valence-electron chi connectivity index (χ0n) is 17.8. The maximum Gasteiger partial charge on any atom is 0.317 e. The van der Waals surface area contributed by atoms with E-state index in [1.807, 2.05) is 62.4 Å². The highest BCUT2D eigenvalue weighted by atomic mass is 16.5. The minimum absolute atomic E-state index is 0.220. The normalized spacial score (nSPS) is 14.0. The van der Waals surface area contributed by atoms with Crippen LogP contribution >= 0.6 is 0 Å². The summed E-state index contributed by atoms with van der Waals surface area (Å²) in [6, 6.07) is 15.2. The Hall–Kier alpha value is -3.02. The van der Waals surface area contributed by atoms with Gasteiger partial charge in [0.1, 0.15) is 0 Å². The molecule has 2 aromatic carbocycles. The van der Waals surface area contributed by atoms with Crippen LogP contribution in [0.4, 0.5) is 0 Å². The van der Waals surface area contributed by atoms with Crippen LogP contribution in [0.3, 0.4) is 0 Å². The summed E-state index contributed by atoms with van der Waals surface area (Å²) in [5.41, 5.74) is 1.29. The number of esters is 1. The van der Waals surface area contributed by atoms with Gasteiger partial charge in [0.25, 0.3) is 5.91 Å². The number of benzene rings is 2. The van der Waals surface area contributed by atoms with Gasteiger partial charge in [-0.05, 0) is 49.9 Å². The van der Waals surface area contributed by atoms with Crippen LogP contribution in [0.5, 0.6) is 11.5 Å². The molecule has 0 heterocycles. The van der Waals surface area contributed by atoms with Crippen LogP contribution in [0.25, 0.3) is 0 Å². The van der Waals surface area contributed by atoms with Crippen LogP contribution in [-0.4, -0.2) is 43.6 Å². The number of ether oxygens (including phenoxy) is 3. The molecule has 0 radical (unpaired) electrons. The highest BCUT2D eigenvalue weighted by Crippen LogP contribution is 2.49. The number of likely N-dealkylation sites (N-methyl/N-ethyl adjacent to an activating group) is 1. The standard InChI is InChI=1S/C24H29NO5/c1-4-25(16-18-11-12-20(29-5-2)21(15-18)28-3)22(26)17-30-23(27)24(13-14-24)19-9-7-6-8-10-19/h6-12,15H,4-5,13-14,16-17H2,1-3H3. The third-order valence-electron chi connectivity index (χ3n) is 5.43. The van der Waals surface area contributed by atoms with Crippen LogP contribution in [0.2, 0.25) is 0 Å². The molecule has 0 bridgehead atoms. The van der Waals surface area contributed by atoms with Crippen LogP contribution in [-0.2, 0) is 26.3 Å². The average Bonchev–Trinajstić information content (AvgIpc) is 3.59. The van der Waals surface area contributed by atoms with Gasteiger partial charge in [0.2, 0.25) is 0 Å². The molecule has 6 nitrogen and oxygen atoms in total. The zero-order valence-corrected chi connectivity index (χ0v) is 17.8. The lowest BCUT2D eigenvalue weighted by atomic mass is 9.96. The van der Waals surface area contributed by atoms with Crippen molar-refractivity contribution < 1.29 is 23.8 Å². The molecule has 30 heavy (non-hydrogen) atoms. The molecule has 0 aromatic heterocycles. The fourth-order valence-corrected chi connectivity index (χ4v) is 3.53. The molecule has 0 N–H and O–H groups in total. The van der Waals surface area contributed by atoms with Gasteiger partial charge in [-0.3, -0.25) is 9.59 Å². The number of methoxy groups -OCH3 is 1. The highest BCUT2D eigenvalue weighted by Gasteiger charge is 2.52. The van der Waals surface area contributed by atoms with Crippen molar-refractivity contribution in [3.8, 4) is 11.5 Å². The Morgan fingerprint density at radius 2 is 1.77 bits per heavy atom. The number of hydrogen-bond acceptors (Lipinski definition) is 5. The molecule has 0 atom stereocenters. The summed E-state index contributed by atoms with van der Waals surface area (Å²) in [5, 5.41) is 0. The monoisotopic (exact) mass is 411 g/mol. The third-order valence-corrected chi connectivity index (χ3v) is 5.43. The van der Waals surface area contributed by atoms with Crippen molar-refractivity contribution in [1.29, 1.82) is 0 Å². The van der Waals surface area contributed by atoms with Crippen molar-refractivity contribution >= 4 is 11.9 Å². The number of carbonyl (C=O) groups is 2. The van der Waals surface area contributed by atoms with Crippen LogP contribution in [0, 0.1) is 0 Å². The van der Waals surface area contributed by atoms with Gasteiger partial charge in [-0.15, -0.1) is 0 Å². The van der Waals surface area contributed by atoms with Crippen molar-refractivity contribution in [2.45, 2.75) is 38.6 Å². The maximum atomic E-state index is 12.7. The largest absolute Gasteiger partial charge is 0.493 e. The van der Waals surface area contributed by atoms with Crippen LogP contribution < -0.4 is 9.47 Å². The lowest BCUT2D eigenvalue weighted by Crippen LogP contribution is -2.35. The smallest absolute Gasteiger partial charge is 0.317 e. The van der Waals surface area contributed by atoms with Crippen molar-refractivity contribution in [3.05, 3.63) is 59.7 Å². The highest BCUT2D eigenvalue weighted by molar-refractivity contribution is 5.89. The van der Waals surface area contributed by atoms with Gasteiger partial charge in [-0.1, -0.05) is 36.4 Å². The van der Waals surface area contributed by atoms with Crippen LogP contribution in [0.1, 0.15) is 37.8 Å². The Kier molecular flexibility index (Phi) is 6.98. The van der Waals surface area contributed by atoms with Crippen molar-refractivity contribution in [3.63, 3.8) is 0 Å². The second kappa shape index (κ2) is 9.65. The van der Waals surface area contributed by atoms with E-state index in [9.17, 15) is 9.59 Å². The molecular weight excluding hydrogens is 382 g/mol. The van der Waals surface area contributed by atoms with Gasteiger partial charge in [-0.2, -0.15) is 0 Å². The first kappa shape index (κ1) is 21.7. The molecule has 1 aliphatic carbocycles. The molecule has 0 aliphatic heterocycles. The molecule has 1 fully saturated rings.